The van der Waals surface area contributed by atoms with Crippen molar-refractivity contribution in [3.63, 3.8) is 0 Å². The zero-order valence-electron chi connectivity index (χ0n) is 9.64. The fraction of sp³-hybridized carbons (Fsp3) is 0.455. The molecule has 1 aromatic rings. The number of thioether (sulfide) groups is 1. The molecule has 7 heteroatoms. The zero-order chi connectivity index (χ0) is 13.1. The summed E-state index contributed by atoms with van der Waals surface area (Å²) in [5, 5.41) is 18.1. The second kappa shape index (κ2) is 5.55. The van der Waals surface area contributed by atoms with Crippen LogP contribution in [0.15, 0.2) is 29.2 Å². The van der Waals surface area contributed by atoms with Gasteiger partial charge in [-0.3, -0.25) is 4.57 Å². The highest BCUT2D eigenvalue weighted by Gasteiger charge is 2.27. The van der Waals surface area contributed by atoms with Gasteiger partial charge in [0.2, 0.25) is 0 Å². The normalized spacial score (nSPS) is 27.3. The Morgan fingerprint density at radius 3 is 2.78 bits per heavy atom. The average Bonchev–Trinajstić information content (AvgIpc) is 2.38. The molecular weight excluding hydrogens is 254 g/mol. The van der Waals surface area contributed by atoms with Crippen LogP contribution in [0.2, 0.25) is 0 Å². The number of hydrogen-bond donors (Lipinski definition) is 3. The van der Waals surface area contributed by atoms with Crippen molar-refractivity contribution in [2.75, 3.05) is 18.9 Å². The first-order valence-electron chi connectivity index (χ1n) is 5.56. The molecule has 0 saturated carbocycles. The van der Waals surface area contributed by atoms with Gasteiger partial charge in [-0.15, -0.1) is 11.8 Å². The van der Waals surface area contributed by atoms with Crippen molar-refractivity contribution in [2.24, 2.45) is 5.92 Å². The number of anilines is 1. The van der Waals surface area contributed by atoms with Crippen molar-refractivity contribution in [3.05, 3.63) is 34.9 Å². The Balaban J connectivity index is 2.27. The van der Waals surface area contributed by atoms with E-state index in [0.717, 1.165) is 0 Å². The van der Waals surface area contributed by atoms with Crippen LogP contribution in [0.4, 0.5) is 5.82 Å². The highest BCUT2D eigenvalue weighted by atomic mass is 32.2. The SMILES string of the molecule is Nc1ccn([C@H]2C=C[C@@H](CO)[C@H](CO)S2)c(=O)n1. The van der Waals surface area contributed by atoms with Crippen LogP contribution in [0.3, 0.4) is 0 Å². The predicted molar refractivity (Wildman–Crippen MR) is 70.1 cm³/mol. The molecule has 98 valence electrons. The smallest absolute Gasteiger partial charge is 0.350 e. The summed E-state index contributed by atoms with van der Waals surface area (Å²) in [5.74, 6) is 0.0988. The molecule has 1 aliphatic heterocycles. The van der Waals surface area contributed by atoms with E-state index in [1.54, 1.807) is 12.3 Å². The molecule has 0 radical (unpaired) electrons. The number of rotatable bonds is 3. The Bertz CT molecular complexity index is 503. The van der Waals surface area contributed by atoms with Gasteiger partial charge in [0.1, 0.15) is 11.2 Å². The molecule has 18 heavy (non-hydrogen) atoms. The molecule has 0 aliphatic carbocycles. The highest BCUT2D eigenvalue weighted by Crippen LogP contribution is 2.36. The fourth-order valence-corrected chi connectivity index (χ4v) is 3.12. The maximum absolute atomic E-state index is 11.7. The quantitative estimate of drug-likeness (QED) is 0.645. The first kappa shape index (κ1) is 13.1. The van der Waals surface area contributed by atoms with Crippen molar-refractivity contribution < 1.29 is 10.2 Å². The molecule has 4 N–H and O–H groups in total. The van der Waals surface area contributed by atoms with Gasteiger partial charge in [0, 0.05) is 17.4 Å². The topological polar surface area (TPSA) is 101 Å². The molecule has 2 rings (SSSR count). The lowest BCUT2D eigenvalue weighted by molar-refractivity contribution is 0.212. The summed E-state index contributed by atoms with van der Waals surface area (Å²) in [6, 6.07) is 1.56. The number of nitrogens with zero attached hydrogens (tertiary/aromatic N) is 2. The van der Waals surface area contributed by atoms with Crippen LogP contribution in [0.5, 0.6) is 0 Å². The lowest BCUT2D eigenvalue weighted by Gasteiger charge is -2.29. The van der Waals surface area contributed by atoms with E-state index >= 15 is 0 Å². The molecule has 1 aliphatic rings. The van der Waals surface area contributed by atoms with Crippen LogP contribution in [-0.2, 0) is 0 Å². The Hall–Kier alpha value is -1.31. The van der Waals surface area contributed by atoms with Gasteiger partial charge in [0.15, 0.2) is 0 Å². The number of aromatic nitrogens is 2. The average molecular weight is 269 g/mol. The molecule has 0 saturated heterocycles. The Morgan fingerprint density at radius 2 is 2.17 bits per heavy atom. The lowest BCUT2D eigenvalue weighted by atomic mass is 10.1. The maximum atomic E-state index is 11.7. The van der Waals surface area contributed by atoms with Crippen molar-refractivity contribution in [2.45, 2.75) is 10.6 Å². The molecule has 0 aromatic carbocycles. The maximum Gasteiger partial charge on any atom is 0.350 e. The van der Waals surface area contributed by atoms with Gasteiger partial charge in [-0.2, -0.15) is 4.98 Å². The molecule has 6 nitrogen and oxygen atoms in total. The van der Waals surface area contributed by atoms with E-state index in [2.05, 4.69) is 4.98 Å². The Labute approximate surface area is 108 Å². The van der Waals surface area contributed by atoms with Gasteiger partial charge in [0.25, 0.3) is 0 Å². The molecule has 0 fully saturated rings. The fourth-order valence-electron chi connectivity index (χ4n) is 1.82. The molecule has 0 unspecified atom stereocenters. The molecule has 2 heterocycles. The van der Waals surface area contributed by atoms with Gasteiger partial charge in [-0.05, 0) is 6.07 Å². The van der Waals surface area contributed by atoms with Crippen molar-refractivity contribution in [1.82, 2.24) is 9.55 Å². The molecule has 3 atom stereocenters. The van der Waals surface area contributed by atoms with Gasteiger partial charge in [-0.1, -0.05) is 12.2 Å². The number of nitrogen functional groups attached to an aromatic ring is 1. The highest BCUT2D eigenvalue weighted by molar-refractivity contribution is 8.00. The molecule has 0 amide bonds. The van der Waals surface area contributed by atoms with E-state index in [1.165, 1.54) is 16.3 Å². The number of nitrogens with two attached hydrogens (primary N) is 1. The van der Waals surface area contributed by atoms with Crippen LogP contribution < -0.4 is 11.4 Å². The Kier molecular flexibility index (Phi) is 4.05. The summed E-state index contributed by atoms with van der Waals surface area (Å²) in [5.41, 5.74) is 5.01. The molecule has 0 bridgehead atoms. The van der Waals surface area contributed by atoms with Gasteiger partial charge in [-0.25, -0.2) is 4.79 Å². The third-order valence-electron chi connectivity index (χ3n) is 2.83. The van der Waals surface area contributed by atoms with Gasteiger partial charge in [0.05, 0.1) is 13.2 Å². The van der Waals surface area contributed by atoms with E-state index in [4.69, 9.17) is 10.8 Å². The lowest BCUT2D eigenvalue weighted by Crippen LogP contribution is -2.32. The standard InChI is InChI=1S/C11H15N3O3S/c12-9-3-4-14(11(17)13-9)10-2-1-7(5-15)8(6-16)18-10/h1-4,7-8,10,15-16H,5-6H2,(H2,12,13,17)/t7-,8-,10+/m0/s1. The first-order valence-corrected chi connectivity index (χ1v) is 6.50. The van der Waals surface area contributed by atoms with Crippen LogP contribution in [0.1, 0.15) is 5.37 Å². The molecule has 0 spiro atoms. The first-order chi connectivity index (χ1) is 8.65. The van der Waals surface area contributed by atoms with Crippen LogP contribution in [0.25, 0.3) is 0 Å². The van der Waals surface area contributed by atoms with Crippen LogP contribution in [-0.4, -0.2) is 38.2 Å². The van der Waals surface area contributed by atoms with E-state index in [0.29, 0.717) is 0 Å². The summed E-state index contributed by atoms with van der Waals surface area (Å²) >= 11 is 1.42. The van der Waals surface area contributed by atoms with Gasteiger partial charge < -0.3 is 15.9 Å². The Morgan fingerprint density at radius 1 is 1.39 bits per heavy atom. The number of hydrogen-bond acceptors (Lipinski definition) is 6. The number of aliphatic hydroxyl groups is 2. The van der Waals surface area contributed by atoms with E-state index in [9.17, 15) is 9.90 Å². The van der Waals surface area contributed by atoms with Crippen molar-refractivity contribution in [3.8, 4) is 0 Å². The minimum atomic E-state index is -0.420. The monoisotopic (exact) mass is 269 g/mol. The number of aliphatic hydroxyl groups excluding tert-OH is 2. The third kappa shape index (κ3) is 2.58. The molecule has 1 aromatic heterocycles. The van der Waals surface area contributed by atoms with E-state index in [-0.39, 0.29) is 35.6 Å². The zero-order valence-corrected chi connectivity index (χ0v) is 10.5. The summed E-state index contributed by atoms with van der Waals surface area (Å²) in [6.07, 6.45) is 5.24. The predicted octanol–water partition coefficient (Wildman–Crippen LogP) is -0.404. The summed E-state index contributed by atoms with van der Waals surface area (Å²) < 4.78 is 1.45. The van der Waals surface area contributed by atoms with Gasteiger partial charge >= 0.3 is 5.69 Å². The summed E-state index contributed by atoms with van der Waals surface area (Å²) in [6.45, 7) is -0.0653. The molecular formula is C11H15N3O3S. The minimum absolute atomic E-state index is 0.0175. The van der Waals surface area contributed by atoms with E-state index in [1.807, 2.05) is 12.2 Å². The second-order valence-corrected chi connectivity index (χ2v) is 5.38. The summed E-state index contributed by atoms with van der Waals surface area (Å²) in [7, 11) is 0. The largest absolute Gasteiger partial charge is 0.396 e. The van der Waals surface area contributed by atoms with Crippen LogP contribution in [0, 0.1) is 5.92 Å². The van der Waals surface area contributed by atoms with E-state index < -0.39 is 5.69 Å². The van der Waals surface area contributed by atoms with Crippen molar-refractivity contribution in [1.29, 1.82) is 0 Å². The third-order valence-corrected chi connectivity index (χ3v) is 4.34. The van der Waals surface area contributed by atoms with Crippen LogP contribution >= 0.6 is 11.8 Å². The summed E-state index contributed by atoms with van der Waals surface area (Å²) in [4.78, 5) is 15.4. The van der Waals surface area contributed by atoms with Crippen molar-refractivity contribution >= 4 is 17.6 Å². The minimum Gasteiger partial charge on any atom is -0.396 e. The second-order valence-electron chi connectivity index (χ2n) is 4.02.